The molecule has 0 amide bonds. The van der Waals surface area contributed by atoms with Crippen LogP contribution in [0, 0.1) is 0 Å². The second kappa shape index (κ2) is 4.70. The maximum Gasteiger partial charge on any atom is 0.435 e. The Balaban J connectivity index is 2.06. The molecule has 20 heavy (non-hydrogen) atoms. The minimum Gasteiger partial charge on any atom is -0.385 e. The van der Waals surface area contributed by atoms with Crippen molar-refractivity contribution >= 4 is 0 Å². The van der Waals surface area contributed by atoms with Crippen molar-refractivity contribution in [3.05, 3.63) is 17.0 Å². The molecule has 3 rings (SSSR count). The smallest absolute Gasteiger partial charge is 0.385 e. The summed E-state index contributed by atoms with van der Waals surface area (Å²) in [5.74, 6) is 0. The zero-order chi connectivity index (χ0) is 14.5. The van der Waals surface area contributed by atoms with E-state index in [1.54, 1.807) is 0 Å². The molecule has 0 saturated carbocycles. The largest absolute Gasteiger partial charge is 0.435 e. The van der Waals surface area contributed by atoms with E-state index in [-0.39, 0.29) is 12.1 Å². The average Bonchev–Trinajstić information content (AvgIpc) is 2.89. The molecule has 1 fully saturated rings. The van der Waals surface area contributed by atoms with Gasteiger partial charge in [-0.3, -0.25) is 0 Å². The van der Waals surface area contributed by atoms with Crippen LogP contribution < -0.4 is 0 Å². The zero-order valence-corrected chi connectivity index (χ0v) is 10.5. The number of aromatic nitrogens is 2. The number of alkyl halides is 4. The maximum atomic E-state index is 13.6. The molecule has 2 aliphatic rings. The molecule has 1 aliphatic heterocycles. The number of fused-ring (bicyclic) bond motifs is 1. The van der Waals surface area contributed by atoms with Gasteiger partial charge >= 0.3 is 6.18 Å². The van der Waals surface area contributed by atoms with Crippen LogP contribution in [0.15, 0.2) is 0 Å². The molecule has 1 N–H and O–H groups in total. The Morgan fingerprint density at radius 1 is 1.30 bits per heavy atom. The first-order chi connectivity index (χ1) is 9.39. The molecule has 112 valence electrons. The van der Waals surface area contributed by atoms with Gasteiger partial charge in [0.15, 0.2) is 5.69 Å². The SMILES string of the molecule is OC1c2c(C(F)(F)F)nn(C3CCCCO3)c2CC1F. The first-order valence-electron chi connectivity index (χ1n) is 6.52. The molecule has 1 aromatic heterocycles. The standard InChI is InChI=1S/C12H14F4N2O2/c13-6-5-7-9(10(6)19)11(12(14,15)16)17-18(7)8-3-1-2-4-20-8/h6,8,10,19H,1-5H2. The predicted molar refractivity (Wildman–Crippen MR) is 59.6 cm³/mol. The van der Waals surface area contributed by atoms with Gasteiger partial charge in [-0.2, -0.15) is 18.3 Å². The highest BCUT2D eigenvalue weighted by Crippen LogP contribution is 2.43. The predicted octanol–water partition coefficient (Wildman–Crippen LogP) is 2.53. The second-order valence-electron chi connectivity index (χ2n) is 5.14. The number of hydrogen-bond acceptors (Lipinski definition) is 3. The highest BCUT2D eigenvalue weighted by Gasteiger charge is 2.47. The Morgan fingerprint density at radius 2 is 2.05 bits per heavy atom. The monoisotopic (exact) mass is 294 g/mol. The molecular weight excluding hydrogens is 280 g/mol. The molecule has 4 nitrogen and oxygen atoms in total. The molecule has 0 spiro atoms. The lowest BCUT2D eigenvalue weighted by molar-refractivity contribution is -0.144. The fourth-order valence-corrected chi connectivity index (χ4v) is 2.84. The third kappa shape index (κ3) is 2.10. The number of aliphatic hydroxyl groups is 1. The van der Waals surface area contributed by atoms with Crippen LogP contribution in [0.3, 0.4) is 0 Å². The molecule has 1 aromatic rings. The molecule has 2 heterocycles. The lowest BCUT2D eigenvalue weighted by atomic mass is 10.1. The van der Waals surface area contributed by atoms with Crippen molar-refractivity contribution in [3.63, 3.8) is 0 Å². The molecule has 8 heteroatoms. The summed E-state index contributed by atoms with van der Waals surface area (Å²) in [5.41, 5.74) is -1.53. The normalized spacial score (nSPS) is 30.6. The third-order valence-corrected chi connectivity index (χ3v) is 3.77. The van der Waals surface area contributed by atoms with Gasteiger partial charge in [0.1, 0.15) is 18.5 Å². The summed E-state index contributed by atoms with van der Waals surface area (Å²) in [6.07, 6.45) is -6.86. The van der Waals surface area contributed by atoms with Gasteiger partial charge < -0.3 is 9.84 Å². The molecule has 1 saturated heterocycles. The van der Waals surface area contributed by atoms with Gasteiger partial charge in [-0.25, -0.2) is 9.07 Å². The summed E-state index contributed by atoms with van der Waals surface area (Å²) in [5, 5.41) is 13.2. The van der Waals surface area contributed by atoms with Crippen LogP contribution in [0.4, 0.5) is 17.6 Å². The molecule has 1 aliphatic carbocycles. The second-order valence-corrected chi connectivity index (χ2v) is 5.14. The van der Waals surface area contributed by atoms with Crippen LogP contribution >= 0.6 is 0 Å². The minimum atomic E-state index is -4.71. The Morgan fingerprint density at radius 3 is 2.65 bits per heavy atom. The number of halogens is 4. The van der Waals surface area contributed by atoms with E-state index in [9.17, 15) is 22.7 Å². The van der Waals surface area contributed by atoms with E-state index in [1.807, 2.05) is 0 Å². The summed E-state index contributed by atoms with van der Waals surface area (Å²) in [6.45, 7) is 0.447. The molecular formula is C12H14F4N2O2. The number of aliphatic hydroxyl groups excluding tert-OH is 1. The van der Waals surface area contributed by atoms with Crippen LogP contribution in [0.2, 0.25) is 0 Å². The van der Waals surface area contributed by atoms with Gasteiger partial charge in [0.2, 0.25) is 0 Å². The minimum absolute atomic E-state index is 0.101. The van der Waals surface area contributed by atoms with E-state index < -0.39 is 35.9 Å². The summed E-state index contributed by atoms with van der Waals surface area (Å²) in [6, 6.07) is 0. The van der Waals surface area contributed by atoms with E-state index in [2.05, 4.69) is 5.10 Å². The van der Waals surface area contributed by atoms with Gasteiger partial charge in [0, 0.05) is 18.6 Å². The number of ether oxygens (including phenoxy) is 1. The van der Waals surface area contributed by atoms with E-state index in [0.29, 0.717) is 13.0 Å². The Hall–Kier alpha value is -1.15. The van der Waals surface area contributed by atoms with Crippen molar-refractivity contribution in [2.24, 2.45) is 0 Å². The van der Waals surface area contributed by atoms with Crippen molar-refractivity contribution in [1.29, 1.82) is 0 Å². The number of rotatable bonds is 1. The summed E-state index contributed by atoms with van der Waals surface area (Å²) < 4.78 is 59.0. The van der Waals surface area contributed by atoms with Crippen molar-refractivity contribution in [2.45, 2.75) is 50.4 Å². The van der Waals surface area contributed by atoms with Gasteiger partial charge in [0.05, 0.1) is 5.69 Å². The fourth-order valence-electron chi connectivity index (χ4n) is 2.84. The average molecular weight is 294 g/mol. The topological polar surface area (TPSA) is 47.3 Å². The van der Waals surface area contributed by atoms with Crippen LogP contribution in [0.25, 0.3) is 0 Å². The number of hydrogen-bond donors (Lipinski definition) is 1. The Kier molecular flexibility index (Phi) is 3.24. The molecule has 0 bridgehead atoms. The van der Waals surface area contributed by atoms with Crippen LogP contribution in [0.5, 0.6) is 0 Å². The maximum absolute atomic E-state index is 13.6. The fraction of sp³-hybridized carbons (Fsp3) is 0.750. The van der Waals surface area contributed by atoms with Gasteiger partial charge in [-0.15, -0.1) is 0 Å². The first kappa shape index (κ1) is 13.8. The van der Waals surface area contributed by atoms with Crippen LogP contribution in [0.1, 0.15) is 48.5 Å². The van der Waals surface area contributed by atoms with Gasteiger partial charge in [-0.05, 0) is 19.3 Å². The highest BCUT2D eigenvalue weighted by atomic mass is 19.4. The van der Waals surface area contributed by atoms with Crippen LogP contribution in [-0.2, 0) is 17.3 Å². The zero-order valence-electron chi connectivity index (χ0n) is 10.5. The summed E-state index contributed by atoms with van der Waals surface area (Å²) >= 11 is 0. The van der Waals surface area contributed by atoms with E-state index in [4.69, 9.17) is 4.74 Å². The lowest BCUT2D eigenvalue weighted by Crippen LogP contribution is -2.22. The first-order valence-corrected chi connectivity index (χ1v) is 6.52. The molecule has 0 aromatic carbocycles. The van der Waals surface area contributed by atoms with Crippen molar-refractivity contribution in [2.75, 3.05) is 6.61 Å². The Labute approximate surface area is 112 Å². The molecule has 3 unspecified atom stereocenters. The van der Waals surface area contributed by atoms with Gasteiger partial charge in [-0.1, -0.05) is 0 Å². The lowest BCUT2D eigenvalue weighted by Gasteiger charge is -2.24. The van der Waals surface area contributed by atoms with Crippen molar-refractivity contribution in [1.82, 2.24) is 9.78 Å². The Bertz CT molecular complexity index is 508. The summed E-state index contributed by atoms with van der Waals surface area (Å²) in [4.78, 5) is 0. The van der Waals surface area contributed by atoms with E-state index >= 15 is 0 Å². The number of nitrogens with zero attached hydrogens (tertiary/aromatic N) is 2. The van der Waals surface area contributed by atoms with E-state index in [0.717, 1.165) is 17.5 Å². The van der Waals surface area contributed by atoms with Gasteiger partial charge in [0.25, 0.3) is 0 Å². The van der Waals surface area contributed by atoms with E-state index in [1.165, 1.54) is 0 Å². The van der Waals surface area contributed by atoms with Crippen LogP contribution in [-0.4, -0.2) is 27.7 Å². The highest BCUT2D eigenvalue weighted by molar-refractivity contribution is 5.37. The summed E-state index contributed by atoms with van der Waals surface area (Å²) in [7, 11) is 0. The molecule has 3 atom stereocenters. The quantitative estimate of drug-likeness (QED) is 0.810. The van der Waals surface area contributed by atoms with Crippen molar-refractivity contribution in [3.8, 4) is 0 Å². The van der Waals surface area contributed by atoms with Crippen molar-refractivity contribution < 1.29 is 27.4 Å². The third-order valence-electron chi connectivity index (χ3n) is 3.77. The molecule has 0 radical (unpaired) electrons.